The van der Waals surface area contributed by atoms with Crippen molar-refractivity contribution in [2.75, 3.05) is 6.54 Å². The molecule has 0 saturated carbocycles. The fraction of sp³-hybridized carbons (Fsp3) is 0.450. The molecule has 0 radical (unpaired) electrons. The number of amides is 1. The third kappa shape index (κ3) is 3.55. The Morgan fingerprint density at radius 3 is 2.54 bits per heavy atom. The molecule has 1 aliphatic heterocycles. The highest BCUT2D eigenvalue weighted by molar-refractivity contribution is 5.87. The quantitative estimate of drug-likeness (QED) is 0.805. The molecule has 0 unspecified atom stereocenters. The molecule has 2 aromatic rings. The van der Waals surface area contributed by atoms with Crippen LogP contribution in [0.3, 0.4) is 0 Å². The van der Waals surface area contributed by atoms with E-state index in [2.05, 4.69) is 4.98 Å². The minimum atomic E-state index is -4.47. The summed E-state index contributed by atoms with van der Waals surface area (Å²) >= 11 is 0. The average molecular weight is 393 g/mol. The van der Waals surface area contributed by atoms with Gasteiger partial charge < -0.3 is 4.90 Å². The van der Waals surface area contributed by atoms with Gasteiger partial charge in [-0.25, -0.2) is 4.98 Å². The highest BCUT2D eigenvalue weighted by atomic mass is 19.4. The van der Waals surface area contributed by atoms with Gasteiger partial charge in [-0.1, -0.05) is 18.2 Å². The molecule has 0 atom stereocenters. The maximum atomic E-state index is 13.1. The van der Waals surface area contributed by atoms with Gasteiger partial charge in [-0.05, 0) is 38.8 Å². The van der Waals surface area contributed by atoms with Crippen LogP contribution < -0.4 is 5.56 Å². The molecule has 3 rings (SSSR count). The Bertz CT molecular complexity index is 964. The molecule has 0 saturated heterocycles. The van der Waals surface area contributed by atoms with Crippen molar-refractivity contribution in [3.05, 3.63) is 63.3 Å². The van der Waals surface area contributed by atoms with Crippen LogP contribution in [0.5, 0.6) is 0 Å². The number of carbonyl (C=O) groups excluding carboxylic acids is 1. The van der Waals surface area contributed by atoms with Crippen LogP contribution in [-0.4, -0.2) is 26.9 Å². The Balaban J connectivity index is 1.88. The van der Waals surface area contributed by atoms with Crippen molar-refractivity contribution in [3.8, 4) is 0 Å². The number of carbonyl (C=O) groups is 1. The first-order valence-corrected chi connectivity index (χ1v) is 9.10. The monoisotopic (exact) mass is 393 g/mol. The standard InChI is InChI=1S/C20H22F3N3O2/c1-4-25-12-24-16-11-26(9-8-15(16)17(25)27)18(28)19(2,3)13-6-5-7-14(10-13)20(21,22)23/h5-7,10,12H,4,8-9,11H2,1-3H3. The lowest BCUT2D eigenvalue weighted by Crippen LogP contribution is -2.47. The molecule has 150 valence electrons. The van der Waals surface area contributed by atoms with Gasteiger partial charge in [-0.15, -0.1) is 0 Å². The van der Waals surface area contributed by atoms with Crippen molar-refractivity contribution in [2.24, 2.45) is 0 Å². The lowest BCUT2D eigenvalue weighted by Gasteiger charge is -2.35. The molecular weight excluding hydrogens is 371 g/mol. The maximum absolute atomic E-state index is 13.1. The average Bonchev–Trinajstić information content (AvgIpc) is 2.67. The normalized spacial score (nSPS) is 14.7. The topological polar surface area (TPSA) is 55.2 Å². The maximum Gasteiger partial charge on any atom is 0.416 e. The highest BCUT2D eigenvalue weighted by Gasteiger charge is 2.38. The van der Waals surface area contributed by atoms with E-state index in [-0.39, 0.29) is 18.0 Å². The van der Waals surface area contributed by atoms with E-state index in [9.17, 15) is 22.8 Å². The summed E-state index contributed by atoms with van der Waals surface area (Å²) in [5.74, 6) is -0.293. The summed E-state index contributed by atoms with van der Waals surface area (Å²) in [6, 6.07) is 4.86. The van der Waals surface area contributed by atoms with Crippen LogP contribution in [-0.2, 0) is 35.9 Å². The third-order valence-electron chi connectivity index (χ3n) is 5.27. The lowest BCUT2D eigenvalue weighted by molar-refractivity contribution is -0.139. The molecular formula is C20H22F3N3O2. The smallest absolute Gasteiger partial charge is 0.336 e. The molecule has 0 fully saturated rings. The van der Waals surface area contributed by atoms with Gasteiger partial charge in [0.15, 0.2) is 0 Å². The summed E-state index contributed by atoms with van der Waals surface area (Å²) in [7, 11) is 0. The second-order valence-electron chi connectivity index (χ2n) is 7.44. The number of aryl methyl sites for hydroxylation is 1. The molecule has 5 nitrogen and oxygen atoms in total. The number of fused-ring (bicyclic) bond motifs is 1. The zero-order chi connectivity index (χ0) is 20.7. The van der Waals surface area contributed by atoms with Crippen molar-refractivity contribution in [1.82, 2.24) is 14.5 Å². The van der Waals surface area contributed by atoms with Gasteiger partial charge in [-0.3, -0.25) is 14.2 Å². The molecule has 0 N–H and O–H groups in total. The van der Waals surface area contributed by atoms with Crippen molar-refractivity contribution in [1.29, 1.82) is 0 Å². The number of rotatable bonds is 3. The Morgan fingerprint density at radius 2 is 1.89 bits per heavy atom. The van der Waals surface area contributed by atoms with Crippen LogP contribution in [0.4, 0.5) is 13.2 Å². The summed E-state index contributed by atoms with van der Waals surface area (Å²) < 4.78 is 40.6. The fourth-order valence-electron chi connectivity index (χ4n) is 3.46. The molecule has 1 amide bonds. The SMILES string of the molecule is CCn1cnc2c(c1=O)CCN(C(=O)C(C)(C)c1cccc(C(F)(F)F)c1)C2. The van der Waals surface area contributed by atoms with E-state index in [4.69, 9.17) is 0 Å². The minimum Gasteiger partial charge on any atom is -0.336 e. The Kier molecular flexibility index (Phi) is 5.08. The second kappa shape index (κ2) is 7.07. The number of aromatic nitrogens is 2. The van der Waals surface area contributed by atoms with E-state index in [1.807, 2.05) is 6.92 Å². The van der Waals surface area contributed by atoms with Crippen molar-refractivity contribution >= 4 is 5.91 Å². The van der Waals surface area contributed by atoms with Crippen LogP contribution in [0.15, 0.2) is 35.4 Å². The number of benzene rings is 1. The molecule has 1 aliphatic rings. The van der Waals surface area contributed by atoms with Gasteiger partial charge in [0.1, 0.15) is 0 Å². The number of alkyl halides is 3. The highest BCUT2D eigenvalue weighted by Crippen LogP contribution is 2.34. The van der Waals surface area contributed by atoms with Crippen LogP contribution in [0.1, 0.15) is 43.2 Å². The van der Waals surface area contributed by atoms with E-state index in [1.165, 1.54) is 23.0 Å². The summed E-state index contributed by atoms with van der Waals surface area (Å²) in [6.07, 6.45) is -2.62. The number of hydrogen-bond acceptors (Lipinski definition) is 3. The molecule has 28 heavy (non-hydrogen) atoms. The summed E-state index contributed by atoms with van der Waals surface area (Å²) in [6.45, 7) is 6.11. The van der Waals surface area contributed by atoms with E-state index >= 15 is 0 Å². The molecule has 8 heteroatoms. The van der Waals surface area contributed by atoms with Crippen molar-refractivity contribution < 1.29 is 18.0 Å². The van der Waals surface area contributed by atoms with Gasteiger partial charge in [0, 0.05) is 18.7 Å². The predicted octanol–water partition coefficient (Wildman–Crippen LogP) is 3.14. The first-order chi connectivity index (χ1) is 13.1. The van der Waals surface area contributed by atoms with E-state index in [0.717, 1.165) is 12.1 Å². The van der Waals surface area contributed by atoms with Crippen LogP contribution >= 0.6 is 0 Å². The van der Waals surface area contributed by atoms with Crippen LogP contribution in [0.2, 0.25) is 0 Å². The van der Waals surface area contributed by atoms with Gasteiger partial charge >= 0.3 is 6.18 Å². The Morgan fingerprint density at radius 1 is 1.21 bits per heavy atom. The van der Waals surface area contributed by atoms with Crippen molar-refractivity contribution in [2.45, 2.75) is 51.9 Å². The lowest BCUT2D eigenvalue weighted by atomic mass is 9.82. The number of halogens is 3. The zero-order valence-electron chi connectivity index (χ0n) is 16.0. The molecule has 0 spiro atoms. The molecule has 0 bridgehead atoms. The second-order valence-corrected chi connectivity index (χ2v) is 7.44. The van der Waals surface area contributed by atoms with Gasteiger partial charge in [-0.2, -0.15) is 13.2 Å². The van der Waals surface area contributed by atoms with E-state index < -0.39 is 17.2 Å². The third-order valence-corrected chi connectivity index (χ3v) is 5.27. The molecule has 2 heterocycles. The van der Waals surface area contributed by atoms with Crippen LogP contribution in [0, 0.1) is 0 Å². The summed E-state index contributed by atoms with van der Waals surface area (Å²) in [5.41, 5.74) is -0.572. The van der Waals surface area contributed by atoms with Gasteiger partial charge in [0.25, 0.3) is 5.56 Å². The Labute approximate surface area is 160 Å². The fourth-order valence-corrected chi connectivity index (χ4v) is 3.46. The number of hydrogen-bond donors (Lipinski definition) is 0. The van der Waals surface area contributed by atoms with E-state index in [1.54, 1.807) is 18.7 Å². The molecule has 1 aromatic carbocycles. The first-order valence-electron chi connectivity index (χ1n) is 9.10. The van der Waals surface area contributed by atoms with E-state index in [0.29, 0.717) is 36.3 Å². The molecule has 1 aromatic heterocycles. The number of nitrogens with zero attached hydrogens (tertiary/aromatic N) is 3. The van der Waals surface area contributed by atoms with Gasteiger partial charge in [0.05, 0.1) is 29.5 Å². The summed E-state index contributed by atoms with van der Waals surface area (Å²) in [5, 5.41) is 0. The van der Waals surface area contributed by atoms with Gasteiger partial charge in [0.2, 0.25) is 5.91 Å². The van der Waals surface area contributed by atoms with Crippen molar-refractivity contribution in [3.63, 3.8) is 0 Å². The van der Waals surface area contributed by atoms with Crippen LogP contribution in [0.25, 0.3) is 0 Å². The first kappa shape index (κ1) is 20.1. The Hall–Kier alpha value is -2.64. The predicted molar refractivity (Wildman–Crippen MR) is 97.8 cm³/mol. The zero-order valence-corrected chi connectivity index (χ0v) is 16.0. The molecule has 0 aliphatic carbocycles. The summed E-state index contributed by atoms with van der Waals surface area (Å²) in [4.78, 5) is 31.4. The minimum absolute atomic E-state index is 0.100. The largest absolute Gasteiger partial charge is 0.416 e.